The molecule has 1 amide bonds. The highest BCUT2D eigenvalue weighted by Gasteiger charge is 2.56. The molecule has 0 spiro atoms. The van der Waals surface area contributed by atoms with Gasteiger partial charge in [0.15, 0.2) is 0 Å². The standard InChI is InChI=1S/C25H24ClN3O2/c1-15-7-13-18(14-8-15)29-24(19-5-3-4-6-20(19)31-2)21-22(27-28-23(21)25(29)30)16-9-11-17(26)12-10-16/h3-14,21-24,27-28H,1-2H3. The Morgan fingerprint density at radius 1 is 0.903 bits per heavy atom. The monoisotopic (exact) mass is 433 g/mol. The van der Waals surface area contributed by atoms with E-state index in [1.165, 1.54) is 0 Å². The average Bonchev–Trinajstić information content (AvgIpc) is 3.34. The molecular formula is C25H24ClN3O2. The number of fused-ring (bicyclic) bond motifs is 1. The number of anilines is 1. The largest absolute Gasteiger partial charge is 0.496 e. The Kier molecular flexibility index (Phi) is 5.18. The molecule has 0 aliphatic carbocycles. The Morgan fingerprint density at radius 2 is 1.58 bits per heavy atom. The normalized spacial score (nSPS) is 25.0. The van der Waals surface area contributed by atoms with Crippen LogP contribution in [-0.4, -0.2) is 19.1 Å². The van der Waals surface area contributed by atoms with Crippen LogP contribution in [0.15, 0.2) is 72.8 Å². The summed E-state index contributed by atoms with van der Waals surface area (Å²) in [4.78, 5) is 15.6. The number of aryl methyl sites for hydroxylation is 1. The summed E-state index contributed by atoms with van der Waals surface area (Å²) >= 11 is 6.12. The number of methoxy groups -OCH3 is 1. The van der Waals surface area contributed by atoms with Gasteiger partial charge in [0.05, 0.1) is 19.2 Å². The van der Waals surface area contributed by atoms with E-state index in [0.717, 1.165) is 28.1 Å². The van der Waals surface area contributed by atoms with Crippen LogP contribution < -0.4 is 20.5 Å². The van der Waals surface area contributed by atoms with Crippen molar-refractivity contribution in [3.05, 3.63) is 94.5 Å². The molecule has 2 N–H and O–H groups in total. The first-order valence-electron chi connectivity index (χ1n) is 10.4. The minimum Gasteiger partial charge on any atom is -0.496 e. The van der Waals surface area contributed by atoms with Gasteiger partial charge >= 0.3 is 0 Å². The Bertz CT molecular complexity index is 1100. The smallest absolute Gasteiger partial charge is 0.246 e. The summed E-state index contributed by atoms with van der Waals surface area (Å²) < 4.78 is 5.71. The molecule has 2 aliphatic heterocycles. The van der Waals surface area contributed by atoms with Crippen LogP contribution in [0, 0.1) is 12.8 Å². The van der Waals surface area contributed by atoms with Gasteiger partial charge in [-0.25, -0.2) is 10.9 Å². The lowest BCUT2D eigenvalue weighted by molar-refractivity contribution is -0.119. The first kappa shape index (κ1) is 20.1. The van der Waals surface area contributed by atoms with Crippen molar-refractivity contribution >= 4 is 23.2 Å². The summed E-state index contributed by atoms with van der Waals surface area (Å²) in [6, 6.07) is 23.3. The van der Waals surface area contributed by atoms with Gasteiger partial charge in [-0.05, 0) is 42.8 Å². The van der Waals surface area contributed by atoms with Gasteiger partial charge in [-0.1, -0.05) is 59.6 Å². The molecule has 31 heavy (non-hydrogen) atoms. The first-order valence-corrected chi connectivity index (χ1v) is 10.8. The van der Waals surface area contributed by atoms with Crippen LogP contribution in [0.5, 0.6) is 5.75 Å². The second-order valence-corrected chi connectivity index (χ2v) is 8.54. The van der Waals surface area contributed by atoms with Gasteiger partial charge in [0.2, 0.25) is 5.91 Å². The number of hydrazine groups is 1. The number of carbonyl (C=O) groups is 1. The van der Waals surface area contributed by atoms with Crippen molar-refractivity contribution in [3.8, 4) is 5.75 Å². The summed E-state index contributed by atoms with van der Waals surface area (Å²) in [6.45, 7) is 2.05. The summed E-state index contributed by atoms with van der Waals surface area (Å²) in [5.74, 6) is 0.791. The second-order valence-electron chi connectivity index (χ2n) is 8.10. The third-order valence-corrected chi connectivity index (χ3v) is 6.56. The number of amides is 1. The second kappa shape index (κ2) is 8.00. The SMILES string of the molecule is COc1ccccc1C1C2C(NNC2c2ccc(Cl)cc2)C(=O)N1c1ccc(C)cc1. The van der Waals surface area contributed by atoms with Gasteiger partial charge in [-0.15, -0.1) is 0 Å². The molecular weight excluding hydrogens is 410 g/mol. The maximum Gasteiger partial charge on any atom is 0.246 e. The zero-order valence-corrected chi connectivity index (χ0v) is 18.1. The summed E-state index contributed by atoms with van der Waals surface area (Å²) in [6.07, 6.45) is 0. The predicted octanol–water partition coefficient (Wildman–Crippen LogP) is 4.58. The van der Waals surface area contributed by atoms with E-state index in [9.17, 15) is 4.79 Å². The Balaban J connectivity index is 1.65. The van der Waals surface area contributed by atoms with Crippen LogP contribution in [-0.2, 0) is 4.79 Å². The Hall–Kier alpha value is -2.86. The van der Waals surface area contributed by atoms with E-state index >= 15 is 0 Å². The highest BCUT2D eigenvalue weighted by Crippen LogP contribution is 2.50. The average molecular weight is 434 g/mol. The Morgan fingerprint density at radius 3 is 2.29 bits per heavy atom. The molecule has 0 radical (unpaired) electrons. The molecule has 2 aliphatic rings. The lowest BCUT2D eigenvalue weighted by atomic mass is 9.83. The fraction of sp³-hybridized carbons (Fsp3) is 0.240. The Labute approximate surface area is 186 Å². The third-order valence-electron chi connectivity index (χ3n) is 6.31. The van der Waals surface area contributed by atoms with Gasteiger partial charge in [0, 0.05) is 22.2 Å². The van der Waals surface area contributed by atoms with Gasteiger partial charge in [0.25, 0.3) is 0 Å². The van der Waals surface area contributed by atoms with Crippen LogP contribution in [0.2, 0.25) is 5.02 Å². The number of para-hydroxylation sites is 1. The van der Waals surface area contributed by atoms with Crippen molar-refractivity contribution < 1.29 is 9.53 Å². The molecule has 5 nitrogen and oxygen atoms in total. The quantitative estimate of drug-likeness (QED) is 0.632. The number of carbonyl (C=O) groups excluding carboxylic acids is 1. The van der Waals surface area contributed by atoms with Crippen molar-refractivity contribution in [1.82, 2.24) is 10.9 Å². The molecule has 4 unspecified atom stereocenters. The molecule has 2 heterocycles. The van der Waals surface area contributed by atoms with Gasteiger partial charge in [-0.3, -0.25) is 4.79 Å². The van der Waals surface area contributed by atoms with E-state index in [2.05, 4.69) is 16.9 Å². The highest BCUT2D eigenvalue weighted by atomic mass is 35.5. The van der Waals surface area contributed by atoms with E-state index < -0.39 is 0 Å². The van der Waals surface area contributed by atoms with Gasteiger partial charge in [0.1, 0.15) is 11.8 Å². The molecule has 158 valence electrons. The number of hydrogen-bond acceptors (Lipinski definition) is 4. The first-order chi connectivity index (χ1) is 15.1. The number of ether oxygens (including phenoxy) is 1. The molecule has 0 bridgehead atoms. The maximum atomic E-state index is 13.6. The lowest BCUT2D eigenvalue weighted by Crippen LogP contribution is -2.41. The topological polar surface area (TPSA) is 53.6 Å². The number of halogens is 1. The third kappa shape index (κ3) is 3.39. The summed E-state index contributed by atoms with van der Waals surface area (Å²) in [5.41, 5.74) is 10.8. The molecule has 3 aromatic rings. The zero-order valence-electron chi connectivity index (χ0n) is 17.4. The molecule has 3 aromatic carbocycles. The van der Waals surface area contributed by atoms with Gasteiger partial charge < -0.3 is 9.64 Å². The molecule has 5 rings (SSSR count). The van der Waals surface area contributed by atoms with Crippen LogP contribution >= 0.6 is 11.6 Å². The zero-order chi connectivity index (χ0) is 21.5. The molecule has 0 saturated carbocycles. The van der Waals surface area contributed by atoms with Crippen molar-refractivity contribution in [1.29, 1.82) is 0 Å². The lowest BCUT2D eigenvalue weighted by Gasteiger charge is -2.32. The van der Waals surface area contributed by atoms with E-state index in [4.69, 9.17) is 16.3 Å². The van der Waals surface area contributed by atoms with Crippen molar-refractivity contribution in [2.45, 2.75) is 25.0 Å². The fourth-order valence-corrected chi connectivity index (χ4v) is 4.97. The molecule has 4 atom stereocenters. The van der Waals surface area contributed by atoms with E-state index in [-0.39, 0.29) is 30.0 Å². The number of nitrogens with one attached hydrogen (secondary N) is 2. The van der Waals surface area contributed by atoms with Crippen molar-refractivity contribution in [2.75, 3.05) is 12.0 Å². The molecule has 0 aromatic heterocycles. The maximum absolute atomic E-state index is 13.6. The van der Waals surface area contributed by atoms with Crippen molar-refractivity contribution in [3.63, 3.8) is 0 Å². The number of benzene rings is 3. The predicted molar refractivity (Wildman–Crippen MR) is 122 cm³/mol. The molecule has 2 saturated heterocycles. The number of rotatable bonds is 4. The van der Waals surface area contributed by atoms with Crippen LogP contribution in [0.4, 0.5) is 5.69 Å². The number of nitrogens with zero attached hydrogens (tertiary/aromatic N) is 1. The van der Waals surface area contributed by atoms with Crippen molar-refractivity contribution in [2.24, 2.45) is 5.92 Å². The molecule has 2 fully saturated rings. The number of hydrogen-bond donors (Lipinski definition) is 2. The summed E-state index contributed by atoms with van der Waals surface area (Å²) in [5, 5.41) is 0.691. The molecule has 6 heteroatoms. The van der Waals surface area contributed by atoms with E-state index in [1.54, 1.807) is 7.11 Å². The van der Waals surface area contributed by atoms with Gasteiger partial charge in [-0.2, -0.15) is 0 Å². The van der Waals surface area contributed by atoms with Crippen LogP contribution in [0.3, 0.4) is 0 Å². The van der Waals surface area contributed by atoms with Crippen LogP contribution in [0.1, 0.15) is 28.8 Å². The highest BCUT2D eigenvalue weighted by molar-refractivity contribution is 6.30. The van der Waals surface area contributed by atoms with E-state index in [1.807, 2.05) is 78.6 Å². The minimum absolute atomic E-state index is 0.0359. The summed E-state index contributed by atoms with van der Waals surface area (Å²) in [7, 11) is 1.67. The van der Waals surface area contributed by atoms with E-state index in [0.29, 0.717) is 5.02 Å². The van der Waals surface area contributed by atoms with Crippen LogP contribution in [0.25, 0.3) is 0 Å². The minimum atomic E-state index is -0.350. The fourth-order valence-electron chi connectivity index (χ4n) is 4.84.